The van der Waals surface area contributed by atoms with Crippen LogP contribution in [0, 0.1) is 0 Å². The zero-order chi connectivity index (χ0) is 19.7. The number of carbonyl (C=O) groups excluding carboxylic acids is 2. The Morgan fingerprint density at radius 1 is 1.11 bits per heavy atom. The Bertz CT molecular complexity index is 737. The van der Waals surface area contributed by atoms with E-state index in [9.17, 15) is 9.59 Å². The molecule has 1 aromatic heterocycles. The number of hydrogen-bond donors (Lipinski definition) is 1. The van der Waals surface area contributed by atoms with Crippen LogP contribution in [0.4, 0.5) is 5.82 Å². The van der Waals surface area contributed by atoms with Crippen molar-refractivity contribution in [1.82, 2.24) is 19.8 Å². The Morgan fingerprint density at radius 2 is 1.89 bits per heavy atom. The van der Waals surface area contributed by atoms with Crippen LogP contribution in [0.15, 0.2) is 0 Å². The summed E-state index contributed by atoms with van der Waals surface area (Å²) >= 11 is 0. The van der Waals surface area contributed by atoms with Crippen molar-refractivity contribution in [2.45, 2.75) is 57.6 Å². The molecule has 3 aliphatic rings. The first-order valence-electron chi connectivity index (χ1n) is 10.3. The number of amides is 2. The Morgan fingerprint density at radius 3 is 2.54 bits per heavy atom. The molecule has 8 nitrogen and oxygen atoms in total. The van der Waals surface area contributed by atoms with Crippen molar-refractivity contribution >= 4 is 17.6 Å². The summed E-state index contributed by atoms with van der Waals surface area (Å²) in [6.45, 7) is 5.04. The molecule has 0 aliphatic carbocycles. The quantitative estimate of drug-likeness (QED) is 0.841. The lowest BCUT2D eigenvalue weighted by molar-refractivity contribution is -0.142. The second kappa shape index (κ2) is 8.03. The highest BCUT2D eigenvalue weighted by Gasteiger charge is 2.33. The normalized spacial score (nSPS) is 22.9. The fourth-order valence-electron chi connectivity index (χ4n) is 4.43. The summed E-state index contributed by atoms with van der Waals surface area (Å²) in [7, 11) is 1.86. The van der Waals surface area contributed by atoms with E-state index in [1.807, 2.05) is 16.8 Å². The molecular weight excluding hydrogens is 358 g/mol. The summed E-state index contributed by atoms with van der Waals surface area (Å²) in [4.78, 5) is 37.7. The minimum absolute atomic E-state index is 0.0834. The van der Waals surface area contributed by atoms with Crippen LogP contribution in [-0.4, -0.2) is 71.0 Å². The molecule has 4 heterocycles. The molecule has 2 amide bonds. The zero-order valence-electron chi connectivity index (χ0n) is 16.7. The lowest BCUT2D eigenvalue weighted by Crippen LogP contribution is -2.43. The zero-order valence-corrected chi connectivity index (χ0v) is 16.7. The first kappa shape index (κ1) is 19.1. The van der Waals surface area contributed by atoms with Crippen LogP contribution in [0.5, 0.6) is 0 Å². The number of likely N-dealkylation sites (tertiary alicyclic amines) is 1. The maximum Gasteiger partial charge on any atom is 0.251 e. The van der Waals surface area contributed by atoms with E-state index in [0.717, 1.165) is 68.1 Å². The number of piperidine rings is 1. The van der Waals surface area contributed by atoms with E-state index < -0.39 is 0 Å². The number of nitrogens with zero attached hydrogens (tertiary/aromatic N) is 4. The fourth-order valence-corrected chi connectivity index (χ4v) is 4.43. The van der Waals surface area contributed by atoms with Gasteiger partial charge in [0.15, 0.2) is 0 Å². The maximum absolute atomic E-state index is 12.5. The van der Waals surface area contributed by atoms with E-state index in [0.29, 0.717) is 19.7 Å². The molecule has 0 saturated carbocycles. The molecule has 0 radical (unpaired) electrons. The third-order valence-electron chi connectivity index (χ3n) is 6.14. The molecule has 2 saturated heterocycles. The molecule has 0 bridgehead atoms. The molecular formula is C20H29N5O3. The highest BCUT2D eigenvalue weighted by molar-refractivity contribution is 5.81. The lowest BCUT2D eigenvalue weighted by Gasteiger charge is -2.34. The first-order chi connectivity index (χ1) is 13.6. The Balaban J connectivity index is 1.45. The average Bonchev–Trinajstić information content (AvgIpc) is 3.27. The molecule has 0 unspecified atom stereocenters. The maximum atomic E-state index is 12.5. The molecule has 28 heavy (non-hydrogen) atoms. The smallest absolute Gasteiger partial charge is 0.251 e. The molecule has 0 aromatic carbocycles. The van der Waals surface area contributed by atoms with E-state index in [1.165, 1.54) is 0 Å². The van der Waals surface area contributed by atoms with Crippen LogP contribution in [0.3, 0.4) is 0 Å². The van der Waals surface area contributed by atoms with Crippen molar-refractivity contribution in [1.29, 1.82) is 0 Å². The minimum Gasteiger partial charge on any atom is -0.373 e. The van der Waals surface area contributed by atoms with Crippen LogP contribution in [-0.2, 0) is 27.3 Å². The van der Waals surface area contributed by atoms with E-state index in [2.05, 4.69) is 5.32 Å². The van der Waals surface area contributed by atoms with Gasteiger partial charge >= 0.3 is 0 Å². The predicted molar refractivity (Wildman–Crippen MR) is 104 cm³/mol. The Kier molecular flexibility index (Phi) is 5.48. The molecule has 4 rings (SSSR count). The van der Waals surface area contributed by atoms with Gasteiger partial charge in [0.05, 0.1) is 12.2 Å². The third kappa shape index (κ3) is 3.70. The van der Waals surface area contributed by atoms with Crippen LogP contribution in [0.1, 0.15) is 55.6 Å². The average molecular weight is 387 g/mol. The van der Waals surface area contributed by atoms with Crippen molar-refractivity contribution in [3.63, 3.8) is 0 Å². The van der Waals surface area contributed by atoms with Gasteiger partial charge in [-0.1, -0.05) is 0 Å². The van der Waals surface area contributed by atoms with Crippen LogP contribution in [0.2, 0.25) is 0 Å². The number of hydrogen-bond acceptors (Lipinski definition) is 6. The van der Waals surface area contributed by atoms with E-state index in [1.54, 1.807) is 6.92 Å². The lowest BCUT2D eigenvalue weighted by atomic mass is 9.94. The number of aromatic nitrogens is 2. The van der Waals surface area contributed by atoms with E-state index in [4.69, 9.17) is 14.7 Å². The molecule has 0 spiro atoms. The highest BCUT2D eigenvalue weighted by Crippen LogP contribution is 2.31. The molecule has 1 aromatic rings. The Hall–Kier alpha value is -2.22. The monoisotopic (exact) mass is 387 g/mol. The highest BCUT2D eigenvalue weighted by atomic mass is 16.5. The molecule has 1 N–H and O–H groups in total. The van der Waals surface area contributed by atoms with E-state index >= 15 is 0 Å². The summed E-state index contributed by atoms with van der Waals surface area (Å²) in [5, 5.41) is 3.19. The third-order valence-corrected chi connectivity index (χ3v) is 6.14. The van der Waals surface area contributed by atoms with Gasteiger partial charge in [-0.2, -0.15) is 0 Å². The number of ether oxygens (including phenoxy) is 1. The van der Waals surface area contributed by atoms with Crippen LogP contribution in [0.25, 0.3) is 0 Å². The number of nitrogens with one attached hydrogen (secondary N) is 1. The molecule has 1 atom stereocenters. The van der Waals surface area contributed by atoms with Gasteiger partial charge in [0, 0.05) is 58.1 Å². The number of carbonyl (C=O) groups is 2. The van der Waals surface area contributed by atoms with Crippen molar-refractivity contribution < 1.29 is 14.3 Å². The van der Waals surface area contributed by atoms with Crippen molar-refractivity contribution in [3.8, 4) is 0 Å². The second-order valence-corrected chi connectivity index (χ2v) is 7.90. The number of anilines is 1. The second-order valence-electron chi connectivity index (χ2n) is 7.90. The van der Waals surface area contributed by atoms with Crippen LogP contribution < -0.4 is 5.32 Å². The van der Waals surface area contributed by atoms with Gasteiger partial charge in [-0.05, 0) is 25.7 Å². The largest absolute Gasteiger partial charge is 0.373 e. The van der Waals surface area contributed by atoms with Gasteiger partial charge in [-0.3, -0.25) is 9.59 Å². The van der Waals surface area contributed by atoms with Crippen LogP contribution >= 0.6 is 0 Å². The predicted octanol–water partition coefficient (Wildman–Crippen LogP) is 1.31. The van der Waals surface area contributed by atoms with Gasteiger partial charge in [0.25, 0.3) is 5.91 Å². The van der Waals surface area contributed by atoms with Gasteiger partial charge < -0.3 is 19.9 Å². The summed E-state index contributed by atoms with van der Waals surface area (Å²) in [6, 6.07) is 0. The first-order valence-corrected chi connectivity index (χ1v) is 10.3. The van der Waals surface area contributed by atoms with Crippen molar-refractivity contribution in [2.75, 3.05) is 38.6 Å². The topological polar surface area (TPSA) is 87.7 Å². The summed E-state index contributed by atoms with van der Waals surface area (Å²) in [5.41, 5.74) is 2.07. The Labute approximate surface area is 165 Å². The number of fused-ring (bicyclic) bond motifs is 1. The summed E-state index contributed by atoms with van der Waals surface area (Å²) in [6.07, 6.45) is 4.09. The van der Waals surface area contributed by atoms with Crippen molar-refractivity contribution in [2.24, 2.45) is 0 Å². The minimum atomic E-state index is -0.239. The van der Waals surface area contributed by atoms with Gasteiger partial charge in [0.1, 0.15) is 17.7 Å². The fraction of sp³-hybridized carbons (Fsp3) is 0.700. The molecule has 3 aliphatic heterocycles. The van der Waals surface area contributed by atoms with Gasteiger partial charge in [-0.25, -0.2) is 9.97 Å². The van der Waals surface area contributed by atoms with Gasteiger partial charge in [-0.15, -0.1) is 0 Å². The molecule has 152 valence electrons. The van der Waals surface area contributed by atoms with Gasteiger partial charge in [0.2, 0.25) is 5.91 Å². The SMILES string of the molecule is CNc1nc(C2CCN(C(=O)[C@@H]3CCCO3)CC2)nc2c1CN(C(C)=O)CC2. The summed E-state index contributed by atoms with van der Waals surface area (Å²) < 4.78 is 5.55. The standard InChI is InChI=1S/C20H29N5O3/c1-13(26)25-10-7-16-15(12-25)19(21-2)23-18(22-16)14-5-8-24(9-6-14)20(27)17-4-3-11-28-17/h14,17H,3-12H2,1-2H3,(H,21,22,23)/t17-/m0/s1. The number of rotatable bonds is 3. The van der Waals surface area contributed by atoms with Crippen molar-refractivity contribution in [3.05, 3.63) is 17.1 Å². The van der Waals surface area contributed by atoms with E-state index in [-0.39, 0.29) is 23.8 Å². The molecule has 8 heteroatoms. The summed E-state index contributed by atoms with van der Waals surface area (Å²) in [5.74, 6) is 2.17. The molecule has 2 fully saturated rings.